The molecule has 1 aromatic rings. The van der Waals surface area contributed by atoms with Gasteiger partial charge < -0.3 is 14.6 Å². The van der Waals surface area contributed by atoms with Crippen LogP contribution in [0.2, 0.25) is 0 Å². The number of anilines is 2. The van der Waals surface area contributed by atoms with Gasteiger partial charge >= 0.3 is 0 Å². The van der Waals surface area contributed by atoms with E-state index in [1.54, 1.807) is 0 Å². The fraction of sp³-hybridized carbons (Fsp3) is 0.364. The van der Waals surface area contributed by atoms with E-state index >= 15 is 0 Å². The highest BCUT2D eigenvalue weighted by atomic mass is 79.9. The van der Waals surface area contributed by atoms with Gasteiger partial charge in [0.15, 0.2) is 0 Å². The highest BCUT2D eigenvalue weighted by Gasteiger charge is 2.19. The third-order valence-corrected chi connectivity index (χ3v) is 3.18. The maximum atomic E-state index is 10.6. The molecule has 2 rings (SSSR count). The number of halogens is 1. The lowest BCUT2D eigenvalue weighted by molar-refractivity contribution is -0.106. The van der Waals surface area contributed by atoms with Crippen LogP contribution in [0.25, 0.3) is 0 Å². The number of hydrogen-bond donors (Lipinski definition) is 0. The van der Waals surface area contributed by atoms with Gasteiger partial charge in [-0.05, 0) is 18.2 Å². The predicted octanol–water partition coefficient (Wildman–Crippen LogP) is 1.90. The molecule has 15 heavy (non-hydrogen) atoms. The smallest absolute Gasteiger partial charge is 0.139 e. The quantitative estimate of drug-likeness (QED) is 0.766. The fourth-order valence-electron chi connectivity index (χ4n) is 1.86. The molecule has 0 amide bonds. The number of fused-ring (bicyclic) bond motifs is 1. The van der Waals surface area contributed by atoms with E-state index in [2.05, 4.69) is 44.9 Å². The molecule has 1 aliphatic heterocycles. The Labute approximate surface area is 97.8 Å². The molecule has 0 atom stereocenters. The third kappa shape index (κ3) is 2.00. The lowest BCUT2D eigenvalue weighted by Gasteiger charge is -2.36. The first-order chi connectivity index (χ1) is 7.22. The van der Waals surface area contributed by atoms with Gasteiger partial charge in [0.05, 0.1) is 17.9 Å². The van der Waals surface area contributed by atoms with Crippen LogP contribution in [0.5, 0.6) is 0 Å². The number of aldehydes is 1. The molecule has 1 heterocycles. The van der Waals surface area contributed by atoms with Gasteiger partial charge in [0, 0.05) is 24.6 Å². The number of hydrogen-bond acceptors (Lipinski definition) is 3. The van der Waals surface area contributed by atoms with Gasteiger partial charge in [-0.2, -0.15) is 0 Å². The first-order valence-electron chi connectivity index (χ1n) is 4.91. The highest BCUT2D eigenvalue weighted by molar-refractivity contribution is 9.10. The van der Waals surface area contributed by atoms with Gasteiger partial charge in [-0.25, -0.2) is 0 Å². The van der Waals surface area contributed by atoms with Crippen LogP contribution in [0.1, 0.15) is 0 Å². The van der Waals surface area contributed by atoms with Crippen LogP contribution in [-0.4, -0.2) is 33.0 Å². The van der Waals surface area contributed by atoms with Gasteiger partial charge in [0.1, 0.15) is 6.29 Å². The summed E-state index contributed by atoms with van der Waals surface area (Å²) in [4.78, 5) is 14.9. The molecule has 0 aromatic heterocycles. The van der Waals surface area contributed by atoms with Crippen molar-refractivity contribution < 1.29 is 4.79 Å². The Morgan fingerprint density at radius 1 is 1.40 bits per heavy atom. The average Bonchev–Trinajstić information content (AvgIpc) is 2.23. The second-order valence-electron chi connectivity index (χ2n) is 3.67. The van der Waals surface area contributed by atoms with Gasteiger partial charge in [-0.15, -0.1) is 0 Å². The molecule has 3 nitrogen and oxygen atoms in total. The van der Waals surface area contributed by atoms with E-state index in [0.717, 1.165) is 29.5 Å². The average molecular weight is 269 g/mol. The van der Waals surface area contributed by atoms with Crippen molar-refractivity contribution in [2.24, 2.45) is 0 Å². The zero-order valence-corrected chi connectivity index (χ0v) is 10.2. The molecule has 0 unspecified atom stereocenters. The number of rotatable bonds is 2. The van der Waals surface area contributed by atoms with Crippen molar-refractivity contribution in [3.05, 3.63) is 22.7 Å². The Kier molecular flexibility index (Phi) is 2.95. The zero-order chi connectivity index (χ0) is 10.8. The fourth-order valence-corrected chi connectivity index (χ4v) is 2.21. The van der Waals surface area contributed by atoms with E-state index in [9.17, 15) is 4.79 Å². The maximum absolute atomic E-state index is 10.6. The van der Waals surface area contributed by atoms with Crippen LogP contribution in [0.4, 0.5) is 11.4 Å². The Balaban J connectivity index is 2.40. The molecule has 0 saturated heterocycles. The van der Waals surface area contributed by atoms with Crippen LogP contribution in [-0.2, 0) is 4.79 Å². The van der Waals surface area contributed by atoms with Crippen molar-refractivity contribution >= 4 is 33.6 Å². The van der Waals surface area contributed by atoms with Gasteiger partial charge in [-0.3, -0.25) is 0 Å². The number of benzene rings is 1. The van der Waals surface area contributed by atoms with Gasteiger partial charge in [0.2, 0.25) is 0 Å². The van der Waals surface area contributed by atoms with Crippen molar-refractivity contribution in [1.29, 1.82) is 0 Å². The summed E-state index contributed by atoms with van der Waals surface area (Å²) in [7, 11) is 2.07. The van der Waals surface area contributed by atoms with E-state index in [1.807, 2.05) is 6.07 Å². The van der Waals surface area contributed by atoms with Crippen LogP contribution in [0.15, 0.2) is 22.7 Å². The van der Waals surface area contributed by atoms with Gasteiger partial charge in [0.25, 0.3) is 0 Å². The SMILES string of the molecule is CN1CCN(CC=O)c2ccc(Br)cc21. The Morgan fingerprint density at radius 2 is 2.20 bits per heavy atom. The van der Waals surface area contributed by atoms with E-state index in [-0.39, 0.29) is 0 Å². The normalized spacial score (nSPS) is 15.1. The van der Waals surface area contributed by atoms with E-state index in [4.69, 9.17) is 0 Å². The summed E-state index contributed by atoms with van der Waals surface area (Å²) in [5.74, 6) is 0. The monoisotopic (exact) mass is 268 g/mol. The largest absolute Gasteiger partial charge is 0.371 e. The summed E-state index contributed by atoms with van der Waals surface area (Å²) in [6.07, 6.45) is 0.956. The molecule has 0 saturated carbocycles. The second kappa shape index (κ2) is 4.23. The molecule has 0 aliphatic carbocycles. The standard InChI is InChI=1S/C11H13BrN2O/c1-13-4-5-14(6-7-15)10-3-2-9(12)8-11(10)13/h2-3,7-8H,4-6H2,1H3. The molecule has 1 aromatic carbocycles. The minimum atomic E-state index is 0.475. The topological polar surface area (TPSA) is 23.6 Å². The summed E-state index contributed by atoms with van der Waals surface area (Å²) in [6.45, 7) is 2.34. The Morgan fingerprint density at radius 3 is 2.93 bits per heavy atom. The third-order valence-electron chi connectivity index (χ3n) is 2.69. The molecule has 0 fully saturated rings. The lowest BCUT2D eigenvalue weighted by Crippen LogP contribution is -2.40. The van der Waals surface area contributed by atoms with Crippen molar-refractivity contribution in [2.45, 2.75) is 0 Å². The second-order valence-corrected chi connectivity index (χ2v) is 4.58. The molecule has 0 radical (unpaired) electrons. The minimum absolute atomic E-state index is 0.475. The van der Waals surface area contributed by atoms with Crippen LogP contribution < -0.4 is 9.80 Å². The summed E-state index contributed by atoms with van der Waals surface area (Å²) >= 11 is 3.46. The number of nitrogens with zero attached hydrogens (tertiary/aromatic N) is 2. The molecule has 0 spiro atoms. The van der Waals surface area contributed by atoms with Crippen LogP contribution in [0.3, 0.4) is 0 Å². The van der Waals surface area contributed by atoms with E-state index in [1.165, 1.54) is 5.69 Å². The van der Waals surface area contributed by atoms with Crippen molar-refractivity contribution in [3.63, 3.8) is 0 Å². The van der Waals surface area contributed by atoms with Crippen molar-refractivity contribution in [3.8, 4) is 0 Å². The molecular formula is C11H13BrN2O. The molecule has 80 valence electrons. The first kappa shape index (κ1) is 10.5. The predicted molar refractivity (Wildman–Crippen MR) is 65.7 cm³/mol. The van der Waals surface area contributed by atoms with E-state index in [0.29, 0.717) is 6.54 Å². The van der Waals surface area contributed by atoms with Crippen molar-refractivity contribution in [2.75, 3.05) is 36.5 Å². The number of carbonyl (C=O) groups is 1. The lowest BCUT2D eigenvalue weighted by atomic mass is 10.2. The highest BCUT2D eigenvalue weighted by Crippen LogP contribution is 2.34. The molecule has 0 bridgehead atoms. The Hall–Kier alpha value is -1.03. The van der Waals surface area contributed by atoms with Crippen molar-refractivity contribution in [1.82, 2.24) is 0 Å². The summed E-state index contributed by atoms with van der Waals surface area (Å²) in [5, 5.41) is 0. The summed E-state index contributed by atoms with van der Waals surface area (Å²) in [5.41, 5.74) is 2.32. The Bertz CT molecular complexity index is 381. The van der Waals surface area contributed by atoms with Crippen LogP contribution >= 0.6 is 15.9 Å². The van der Waals surface area contributed by atoms with Crippen LogP contribution in [0, 0.1) is 0 Å². The number of likely N-dealkylation sites (N-methyl/N-ethyl adjacent to an activating group) is 1. The van der Waals surface area contributed by atoms with E-state index < -0.39 is 0 Å². The summed E-state index contributed by atoms with van der Waals surface area (Å²) in [6, 6.07) is 6.15. The molecular weight excluding hydrogens is 256 g/mol. The molecule has 4 heteroatoms. The summed E-state index contributed by atoms with van der Waals surface area (Å²) < 4.78 is 1.07. The minimum Gasteiger partial charge on any atom is -0.371 e. The maximum Gasteiger partial charge on any atom is 0.139 e. The first-order valence-corrected chi connectivity index (χ1v) is 5.71. The number of carbonyl (C=O) groups excluding carboxylic acids is 1. The molecule has 1 aliphatic rings. The van der Waals surface area contributed by atoms with Gasteiger partial charge in [-0.1, -0.05) is 15.9 Å². The molecule has 0 N–H and O–H groups in total. The zero-order valence-electron chi connectivity index (χ0n) is 8.61.